The van der Waals surface area contributed by atoms with E-state index in [1.54, 1.807) is 0 Å². The zero-order chi connectivity index (χ0) is 20.2. The van der Waals surface area contributed by atoms with Gasteiger partial charge in [-0.1, -0.05) is 6.07 Å². The predicted octanol–water partition coefficient (Wildman–Crippen LogP) is 3.46. The van der Waals surface area contributed by atoms with Crippen molar-refractivity contribution < 1.29 is 32.4 Å². The molecule has 0 radical (unpaired) electrons. The SMILES string of the molecule is Cc1ccc(C(O)(CCNC(=O)Nc2cccc([N+](=O)[O-])c2)C(F)(F)F)o1. The average Bonchev–Trinajstić information content (AvgIpc) is 3.00. The minimum absolute atomic E-state index is 0.0921. The van der Waals surface area contributed by atoms with Crippen molar-refractivity contribution >= 4 is 17.4 Å². The Morgan fingerprint density at radius 1 is 1.30 bits per heavy atom. The number of alkyl halides is 3. The van der Waals surface area contributed by atoms with Gasteiger partial charge in [0, 0.05) is 30.8 Å². The number of non-ortho nitro benzene ring substituents is 1. The highest BCUT2D eigenvalue weighted by molar-refractivity contribution is 5.89. The number of nitrogens with zero attached hydrogens (tertiary/aromatic N) is 1. The highest BCUT2D eigenvalue weighted by Crippen LogP contribution is 2.42. The Labute approximate surface area is 151 Å². The summed E-state index contributed by atoms with van der Waals surface area (Å²) < 4.78 is 44.8. The lowest BCUT2D eigenvalue weighted by atomic mass is 9.96. The molecule has 11 heteroatoms. The molecule has 0 fully saturated rings. The molecule has 2 rings (SSSR count). The van der Waals surface area contributed by atoms with Crippen molar-refractivity contribution in [3.8, 4) is 0 Å². The van der Waals surface area contributed by atoms with Crippen molar-refractivity contribution in [2.24, 2.45) is 0 Å². The van der Waals surface area contributed by atoms with Crippen molar-refractivity contribution in [1.29, 1.82) is 0 Å². The zero-order valence-electron chi connectivity index (χ0n) is 14.0. The van der Waals surface area contributed by atoms with Crippen LogP contribution in [-0.4, -0.2) is 28.8 Å². The number of anilines is 1. The maximum atomic E-state index is 13.3. The van der Waals surface area contributed by atoms with Gasteiger partial charge >= 0.3 is 12.2 Å². The van der Waals surface area contributed by atoms with Gasteiger partial charge in [-0.05, 0) is 25.1 Å². The first kappa shape index (κ1) is 20.2. The molecular weight excluding hydrogens is 371 g/mol. The van der Waals surface area contributed by atoms with Gasteiger partial charge < -0.3 is 20.2 Å². The molecule has 2 aromatic rings. The van der Waals surface area contributed by atoms with E-state index in [0.717, 1.165) is 12.1 Å². The molecule has 1 heterocycles. The highest BCUT2D eigenvalue weighted by atomic mass is 19.4. The Bertz CT molecular complexity index is 837. The molecule has 3 N–H and O–H groups in total. The number of furan rings is 1. The summed E-state index contributed by atoms with van der Waals surface area (Å²) in [6, 6.07) is 6.46. The third kappa shape index (κ3) is 4.76. The van der Waals surface area contributed by atoms with Gasteiger partial charge in [0.15, 0.2) is 0 Å². The topological polar surface area (TPSA) is 118 Å². The normalized spacial score (nSPS) is 13.7. The Balaban J connectivity index is 1.99. The first-order chi connectivity index (χ1) is 12.5. The number of carbonyl (C=O) groups excluding carboxylic acids is 1. The van der Waals surface area contributed by atoms with Gasteiger partial charge in [-0.15, -0.1) is 0 Å². The van der Waals surface area contributed by atoms with Crippen LogP contribution in [0.5, 0.6) is 0 Å². The quantitative estimate of drug-likeness (QED) is 0.518. The third-order valence-corrected chi connectivity index (χ3v) is 3.70. The average molecular weight is 387 g/mol. The fourth-order valence-corrected chi connectivity index (χ4v) is 2.29. The lowest BCUT2D eigenvalue weighted by molar-refractivity contribution is -0.384. The van der Waals surface area contributed by atoms with Gasteiger partial charge in [-0.3, -0.25) is 10.1 Å². The highest BCUT2D eigenvalue weighted by Gasteiger charge is 2.56. The second-order valence-corrected chi connectivity index (χ2v) is 5.71. The first-order valence-electron chi connectivity index (χ1n) is 7.68. The van der Waals surface area contributed by atoms with Crippen LogP contribution in [0.15, 0.2) is 40.8 Å². The Morgan fingerprint density at radius 3 is 2.56 bits per heavy atom. The van der Waals surface area contributed by atoms with Crippen LogP contribution >= 0.6 is 0 Å². The van der Waals surface area contributed by atoms with Gasteiger partial charge in [0.1, 0.15) is 11.5 Å². The van der Waals surface area contributed by atoms with E-state index in [4.69, 9.17) is 4.42 Å². The molecule has 2 amide bonds. The number of nitro benzene ring substituents is 1. The summed E-state index contributed by atoms with van der Waals surface area (Å²) >= 11 is 0. The Kier molecular flexibility index (Phi) is 5.74. The number of hydrogen-bond acceptors (Lipinski definition) is 5. The number of aryl methyl sites for hydroxylation is 1. The number of rotatable bonds is 6. The van der Waals surface area contributed by atoms with Crippen LogP contribution in [-0.2, 0) is 5.60 Å². The largest absolute Gasteiger partial charge is 0.463 e. The number of nitro groups is 1. The summed E-state index contributed by atoms with van der Waals surface area (Å²) in [5.74, 6) is -0.475. The molecule has 8 nitrogen and oxygen atoms in total. The van der Waals surface area contributed by atoms with E-state index in [0.29, 0.717) is 0 Å². The fourth-order valence-electron chi connectivity index (χ4n) is 2.29. The van der Waals surface area contributed by atoms with Gasteiger partial charge in [0.25, 0.3) is 5.69 Å². The van der Waals surface area contributed by atoms with E-state index < -0.39 is 41.5 Å². The molecule has 1 atom stereocenters. The predicted molar refractivity (Wildman–Crippen MR) is 88.1 cm³/mol. The number of halogens is 3. The maximum Gasteiger partial charge on any atom is 0.424 e. The van der Waals surface area contributed by atoms with Gasteiger partial charge in [0.05, 0.1) is 4.92 Å². The maximum absolute atomic E-state index is 13.3. The molecule has 0 bridgehead atoms. The van der Waals surface area contributed by atoms with Crippen molar-refractivity contribution in [3.63, 3.8) is 0 Å². The van der Waals surface area contributed by atoms with Crippen molar-refractivity contribution in [1.82, 2.24) is 5.32 Å². The van der Waals surface area contributed by atoms with Crippen LogP contribution in [0.1, 0.15) is 17.9 Å². The molecule has 1 aromatic carbocycles. The lowest BCUT2D eigenvalue weighted by Gasteiger charge is -2.28. The van der Waals surface area contributed by atoms with E-state index >= 15 is 0 Å². The molecule has 146 valence electrons. The number of nitrogens with one attached hydrogen (secondary N) is 2. The van der Waals surface area contributed by atoms with Crippen LogP contribution in [0.3, 0.4) is 0 Å². The third-order valence-electron chi connectivity index (χ3n) is 3.70. The van der Waals surface area contributed by atoms with E-state index in [1.807, 2.05) is 0 Å². The van der Waals surface area contributed by atoms with Crippen molar-refractivity contribution in [2.75, 3.05) is 11.9 Å². The van der Waals surface area contributed by atoms with E-state index in [2.05, 4.69) is 10.6 Å². The summed E-state index contributed by atoms with van der Waals surface area (Å²) in [7, 11) is 0. The monoisotopic (exact) mass is 387 g/mol. The molecule has 0 spiro atoms. The lowest BCUT2D eigenvalue weighted by Crippen LogP contribution is -2.45. The molecule has 0 saturated heterocycles. The number of benzene rings is 1. The summed E-state index contributed by atoms with van der Waals surface area (Å²) in [6.45, 7) is 0.904. The first-order valence-corrected chi connectivity index (χ1v) is 7.68. The second kappa shape index (κ2) is 7.66. The molecule has 0 aliphatic rings. The van der Waals surface area contributed by atoms with Gasteiger partial charge in [-0.2, -0.15) is 13.2 Å². The number of amides is 2. The summed E-state index contributed by atoms with van der Waals surface area (Å²) in [5, 5.41) is 25.2. The standard InChI is InChI=1S/C16H16F3N3O5/c1-10-5-6-13(27-10)15(24,16(17,18)19)7-8-20-14(23)21-11-3-2-4-12(9-11)22(25)26/h2-6,9,24H,7-8H2,1H3,(H2,20,21,23). The Hall–Kier alpha value is -3.08. The smallest absolute Gasteiger partial charge is 0.424 e. The molecule has 1 unspecified atom stereocenters. The van der Waals surface area contributed by atoms with Crippen molar-refractivity contribution in [3.05, 3.63) is 58.0 Å². The van der Waals surface area contributed by atoms with E-state index in [9.17, 15) is 33.2 Å². The molecule has 0 aliphatic carbocycles. The van der Waals surface area contributed by atoms with E-state index in [1.165, 1.54) is 31.2 Å². The van der Waals surface area contributed by atoms with E-state index in [-0.39, 0.29) is 17.1 Å². The summed E-state index contributed by atoms with van der Waals surface area (Å²) in [4.78, 5) is 21.8. The van der Waals surface area contributed by atoms with Crippen LogP contribution in [0.25, 0.3) is 0 Å². The molecule has 0 saturated carbocycles. The van der Waals surface area contributed by atoms with Crippen LogP contribution in [0, 0.1) is 17.0 Å². The van der Waals surface area contributed by atoms with Gasteiger partial charge in [0.2, 0.25) is 5.60 Å². The number of carbonyl (C=O) groups is 1. The molecule has 27 heavy (non-hydrogen) atoms. The number of urea groups is 1. The molecule has 0 aliphatic heterocycles. The Morgan fingerprint density at radius 2 is 2.00 bits per heavy atom. The zero-order valence-corrected chi connectivity index (χ0v) is 14.0. The minimum Gasteiger partial charge on any atom is -0.463 e. The second-order valence-electron chi connectivity index (χ2n) is 5.71. The summed E-state index contributed by atoms with van der Waals surface area (Å²) in [5.41, 5.74) is -3.43. The molecular formula is C16H16F3N3O5. The fraction of sp³-hybridized carbons (Fsp3) is 0.312. The van der Waals surface area contributed by atoms with Crippen LogP contribution < -0.4 is 10.6 Å². The minimum atomic E-state index is -5.02. The van der Waals surface area contributed by atoms with Crippen molar-refractivity contribution in [2.45, 2.75) is 25.1 Å². The van der Waals surface area contributed by atoms with Crippen LogP contribution in [0.2, 0.25) is 0 Å². The number of aliphatic hydroxyl groups is 1. The van der Waals surface area contributed by atoms with Crippen LogP contribution in [0.4, 0.5) is 29.3 Å². The van der Waals surface area contributed by atoms with Gasteiger partial charge in [-0.25, -0.2) is 4.79 Å². The summed E-state index contributed by atoms with van der Waals surface area (Å²) in [6.07, 6.45) is -5.90. The number of hydrogen-bond donors (Lipinski definition) is 3. The molecule has 1 aromatic heterocycles.